The maximum atomic E-state index is 11.0. The molecule has 1 aliphatic carbocycles. The number of rotatable bonds is 3. The lowest BCUT2D eigenvalue weighted by Crippen LogP contribution is -2.38. The Balaban J connectivity index is 2.28. The first kappa shape index (κ1) is 8.04. The van der Waals surface area contributed by atoms with Crippen LogP contribution in [-0.2, 0) is 9.59 Å². The molecule has 4 heteroatoms. The first-order valence-corrected chi connectivity index (χ1v) is 3.57. The maximum absolute atomic E-state index is 11.0. The van der Waals surface area contributed by atoms with Crippen LogP contribution in [0.15, 0.2) is 0 Å². The van der Waals surface area contributed by atoms with Crippen molar-refractivity contribution in [1.82, 2.24) is 10.9 Å². The smallest absolute Gasteiger partial charge is 0.242 e. The quantitative estimate of drug-likeness (QED) is 0.439. The summed E-state index contributed by atoms with van der Waals surface area (Å²) in [5, 5.41) is 0. The highest BCUT2D eigenvalue weighted by Gasteiger charge is 2.50. The molecule has 11 heavy (non-hydrogen) atoms. The number of nitrogens with one attached hydrogen (secondary N) is 2. The Labute approximate surface area is 65.3 Å². The average molecular weight is 156 g/mol. The lowest BCUT2D eigenvalue weighted by atomic mass is 10.1. The summed E-state index contributed by atoms with van der Waals surface area (Å²) in [7, 11) is 0. The van der Waals surface area contributed by atoms with Crippen molar-refractivity contribution in [2.45, 2.75) is 20.3 Å². The number of carbonyl (C=O) groups is 2. The van der Waals surface area contributed by atoms with Crippen LogP contribution in [0.2, 0.25) is 0 Å². The highest BCUT2D eigenvalue weighted by Crippen LogP contribution is 2.51. The maximum Gasteiger partial charge on any atom is 0.242 e. The fraction of sp³-hybridized carbons (Fsp3) is 0.714. The Morgan fingerprint density at radius 3 is 2.55 bits per heavy atom. The van der Waals surface area contributed by atoms with Crippen LogP contribution >= 0.6 is 0 Å². The normalized spacial score (nSPS) is 25.5. The molecular formula is C7H12N2O2. The van der Waals surface area contributed by atoms with Crippen molar-refractivity contribution in [1.29, 1.82) is 0 Å². The van der Waals surface area contributed by atoms with Gasteiger partial charge in [-0.1, -0.05) is 13.8 Å². The molecule has 0 radical (unpaired) electrons. The van der Waals surface area contributed by atoms with Gasteiger partial charge in [0.1, 0.15) is 0 Å². The predicted octanol–water partition coefficient (Wildman–Crippen LogP) is -0.190. The molecule has 1 aliphatic rings. The van der Waals surface area contributed by atoms with Gasteiger partial charge in [-0.25, -0.2) is 0 Å². The average Bonchev–Trinajstić information content (AvgIpc) is 2.55. The molecule has 0 bridgehead atoms. The highest BCUT2D eigenvalue weighted by molar-refractivity contribution is 5.82. The molecule has 1 saturated carbocycles. The summed E-state index contributed by atoms with van der Waals surface area (Å²) < 4.78 is 0. The van der Waals surface area contributed by atoms with Gasteiger partial charge in [-0.15, -0.1) is 0 Å². The minimum absolute atomic E-state index is 0.0648. The molecule has 1 rings (SSSR count). The molecule has 1 fully saturated rings. The number of hydrazine groups is 1. The Bertz CT molecular complexity index is 189. The molecule has 0 heterocycles. The van der Waals surface area contributed by atoms with Gasteiger partial charge < -0.3 is 0 Å². The van der Waals surface area contributed by atoms with Crippen LogP contribution < -0.4 is 10.9 Å². The third-order valence-corrected chi connectivity index (χ3v) is 2.08. The number of hydrogen-bond donors (Lipinski definition) is 2. The van der Waals surface area contributed by atoms with Gasteiger partial charge in [0.05, 0.1) is 0 Å². The minimum Gasteiger partial charge on any atom is -0.277 e. The molecule has 0 unspecified atom stereocenters. The zero-order valence-electron chi connectivity index (χ0n) is 6.68. The summed E-state index contributed by atoms with van der Waals surface area (Å²) in [6.07, 6.45) is 1.35. The van der Waals surface area contributed by atoms with Gasteiger partial charge in [-0.05, 0) is 11.8 Å². The molecule has 0 aromatic carbocycles. The van der Waals surface area contributed by atoms with E-state index in [1.807, 2.05) is 13.8 Å². The van der Waals surface area contributed by atoms with E-state index in [0.717, 1.165) is 6.42 Å². The van der Waals surface area contributed by atoms with E-state index in [-0.39, 0.29) is 17.2 Å². The summed E-state index contributed by atoms with van der Waals surface area (Å²) in [6.45, 7) is 4.05. The second kappa shape index (κ2) is 2.53. The van der Waals surface area contributed by atoms with Crippen LogP contribution in [0.3, 0.4) is 0 Å². The van der Waals surface area contributed by atoms with E-state index >= 15 is 0 Å². The fourth-order valence-corrected chi connectivity index (χ4v) is 1.10. The largest absolute Gasteiger partial charge is 0.277 e. The molecule has 0 aliphatic heterocycles. The molecule has 2 N–H and O–H groups in total. The lowest BCUT2D eigenvalue weighted by molar-refractivity contribution is -0.126. The zero-order chi connectivity index (χ0) is 8.48. The van der Waals surface area contributed by atoms with Gasteiger partial charge in [0, 0.05) is 5.92 Å². The molecule has 0 aromatic heterocycles. The summed E-state index contributed by atoms with van der Waals surface area (Å²) in [6, 6.07) is 0. The first-order chi connectivity index (χ1) is 5.08. The third kappa shape index (κ3) is 1.69. The fourth-order valence-electron chi connectivity index (χ4n) is 1.10. The minimum atomic E-state index is -0.0953. The van der Waals surface area contributed by atoms with E-state index in [2.05, 4.69) is 10.9 Å². The van der Waals surface area contributed by atoms with Crippen LogP contribution in [0, 0.1) is 11.3 Å². The van der Waals surface area contributed by atoms with Crippen LogP contribution in [0.1, 0.15) is 20.3 Å². The Hall–Kier alpha value is -1.06. The van der Waals surface area contributed by atoms with Crippen molar-refractivity contribution in [3.8, 4) is 0 Å². The van der Waals surface area contributed by atoms with Crippen molar-refractivity contribution in [2.24, 2.45) is 11.3 Å². The topological polar surface area (TPSA) is 58.2 Å². The lowest BCUT2D eigenvalue weighted by Gasteiger charge is -2.03. The summed E-state index contributed by atoms with van der Waals surface area (Å²) in [5.74, 6) is -0.0305. The van der Waals surface area contributed by atoms with Gasteiger partial charge in [-0.3, -0.25) is 20.4 Å². The molecule has 4 nitrogen and oxygen atoms in total. The van der Waals surface area contributed by atoms with Gasteiger partial charge in [0.25, 0.3) is 0 Å². The first-order valence-electron chi connectivity index (χ1n) is 3.57. The van der Waals surface area contributed by atoms with Crippen LogP contribution in [0.4, 0.5) is 0 Å². The molecule has 2 amide bonds. The standard InChI is InChI=1S/C7H12N2O2/c1-7(2)3-5(7)6(11)9-8-4-10/h4-5H,3H2,1-2H3,(H,8,10)(H,9,11)/t5-/m1/s1. The zero-order valence-corrected chi connectivity index (χ0v) is 6.68. The second-order valence-corrected chi connectivity index (χ2v) is 3.50. The number of carbonyl (C=O) groups excluding carboxylic acids is 2. The van der Waals surface area contributed by atoms with E-state index < -0.39 is 0 Å². The van der Waals surface area contributed by atoms with Gasteiger partial charge in [-0.2, -0.15) is 0 Å². The summed E-state index contributed by atoms with van der Waals surface area (Å²) >= 11 is 0. The van der Waals surface area contributed by atoms with Gasteiger partial charge >= 0.3 is 0 Å². The van der Waals surface area contributed by atoms with Crippen LogP contribution in [-0.4, -0.2) is 12.3 Å². The van der Waals surface area contributed by atoms with Crippen LogP contribution in [0.25, 0.3) is 0 Å². The molecule has 0 aromatic rings. The van der Waals surface area contributed by atoms with Crippen molar-refractivity contribution in [2.75, 3.05) is 0 Å². The van der Waals surface area contributed by atoms with Crippen LogP contribution in [0.5, 0.6) is 0 Å². The molecule has 1 atom stereocenters. The van der Waals surface area contributed by atoms with E-state index in [0.29, 0.717) is 6.41 Å². The van der Waals surface area contributed by atoms with Gasteiger partial charge in [0.15, 0.2) is 0 Å². The van der Waals surface area contributed by atoms with Crippen molar-refractivity contribution in [3.63, 3.8) is 0 Å². The summed E-state index contributed by atoms with van der Waals surface area (Å²) in [4.78, 5) is 20.8. The van der Waals surface area contributed by atoms with E-state index in [1.54, 1.807) is 0 Å². The van der Waals surface area contributed by atoms with E-state index in [4.69, 9.17) is 0 Å². The highest BCUT2D eigenvalue weighted by atomic mass is 16.2. The molecule has 0 spiro atoms. The monoisotopic (exact) mass is 156 g/mol. The van der Waals surface area contributed by atoms with Crippen molar-refractivity contribution < 1.29 is 9.59 Å². The molecule has 62 valence electrons. The van der Waals surface area contributed by atoms with E-state index in [9.17, 15) is 9.59 Å². The van der Waals surface area contributed by atoms with E-state index in [1.165, 1.54) is 0 Å². The number of hydrogen-bond acceptors (Lipinski definition) is 2. The van der Waals surface area contributed by atoms with Crippen molar-refractivity contribution >= 4 is 12.3 Å². The SMILES string of the molecule is CC1(C)C[C@@H]1C(=O)NNC=O. The molecule has 0 saturated heterocycles. The third-order valence-electron chi connectivity index (χ3n) is 2.08. The predicted molar refractivity (Wildman–Crippen MR) is 39.2 cm³/mol. The van der Waals surface area contributed by atoms with Crippen molar-refractivity contribution in [3.05, 3.63) is 0 Å². The Morgan fingerprint density at radius 2 is 2.18 bits per heavy atom. The second-order valence-electron chi connectivity index (χ2n) is 3.50. The molecular weight excluding hydrogens is 144 g/mol. The summed E-state index contributed by atoms with van der Waals surface area (Å²) in [5.41, 5.74) is 4.54. The van der Waals surface area contributed by atoms with Gasteiger partial charge in [0.2, 0.25) is 12.3 Å². The number of amides is 2. The Morgan fingerprint density at radius 1 is 1.64 bits per heavy atom. The Kier molecular flexibility index (Phi) is 1.85.